The van der Waals surface area contributed by atoms with Crippen LogP contribution in [0.4, 0.5) is 0 Å². The first-order valence-electron chi connectivity index (χ1n) is 10.5. The molecule has 0 amide bonds. The first kappa shape index (κ1) is 23.6. The molecule has 0 bridgehead atoms. The fourth-order valence-electron chi connectivity index (χ4n) is 3.46. The third kappa shape index (κ3) is 10.0. The normalized spacial score (nSPS) is 24.0. The number of aliphatic hydroxyl groups is 3. The molecule has 0 spiro atoms. The van der Waals surface area contributed by atoms with E-state index in [1.54, 1.807) is 0 Å². The van der Waals surface area contributed by atoms with Gasteiger partial charge in [-0.15, -0.1) is 6.58 Å². The maximum atomic E-state index is 9.86. The van der Waals surface area contributed by atoms with E-state index in [2.05, 4.69) is 6.58 Å². The highest BCUT2D eigenvalue weighted by Gasteiger charge is 2.40. The molecule has 0 unspecified atom stereocenters. The van der Waals surface area contributed by atoms with E-state index in [1.165, 1.54) is 57.8 Å². The molecular formula is C21H40O5. The number of ether oxygens (including phenoxy) is 2. The van der Waals surface area contributed by atoms with E-state index < -0.39 is 24.4 Å². The van der Waals surface area contributed by atoms with E-state index in [9.17, 15) is 10.2 Å². The highest BCUT2D eigenvalue weighted by Crippen LogP contribution is 2.21. The van der Waals surface area contributed by atoms with Crippen LogP contribution in [0, 0.1) is 0 Å². The number of allylic oxidation sites excluding steroid dienone is 1. The molecule has 0 aromatic rings. The van der Waals surface area contributed by atoms with Gasteiger partial charge in [-0.25, -0.2) is 0 Å². The molecule has 0 aliphatic carbocycles. The zero-order chi connectivity index (χ0) is 19.0. The molecule has 26 heavy (non-hydrogen) atoms. The summed E-state index contributed by atoms with van der Waals surface area (Å²) in [4.78, 5) is 0. The smallest absolute Gasteiger partial charge is 0.114 e. The summed E-state index contributed by atoms with van der Waals surface area (Å²) in [7, 11) is 0. The van der Waals surface area contributed by atoms with E-state index in [0.29, 0.717) is 6.61 Å². The Morgan fingerprint density at radius 3 is 2.04 bits per heavy atom. The van der Waals surface area contributed by atoms with E-state index >= 15 is 0 Å². The Labute approximate surface area is 159 Å². The minimum absolute atomic E-state index is 0.153. The van der Waals surface area contributed by atoms with Crippen molar-refractivity contribution in [2.45, 2.75) is 101 Å². The molecular weight excluding hydrogens is 332 g/mol. The van der Waals surface area contributed by atoms with Crippen molar-refractivity contribution in [3.63, 3.8) is 0 Å². The van der Waals surface area contributed by atoms with E-state index in [0.717, 1.165) is 19.3 Å². The van der Waals surface area contributed by atoms with Gasteiger partial charge in [0.05, 0.1) is 13.2 Å². The van der Waals surface area contributed by atoms with Gasteiger partial charge in [-0.3, -0.25) is 0 Å². The van der Waals surface area contributed by atoms with Crippen molar-refractivity contribution in [1.82, 2.24) is 0 Å². The Hall–Kier alpha value is -0.460. The minimum Gasteiger partial charge on any atom is -0.394 e. The molecule has 1 rings (SSSR count). The first-order valence-corrected chi connectivity index (χ1v) is 10.5. The van der Waals surface area contributed by atoms with Gasteiger partial charge in [-0.05, 0) is 19.3 Å². The van der Waals surface area contributed by atoms with Crippen LogP contribution in [0.2, 0.25) is 0 Å². The van der Waals surface area contributed by atoms with Gasteiger partial charge >= 0.3 is 0 Å². The second kappa shape index (κ2) is 15.6. The first-order chi connectivity index (χ1) is 12.7. The van der Waals surface area contributed by atoms with Gasteiger partial charge < -0.3 is 24.8 Å². The standard InChI is InChI=1S/C21H40O5/c1-2-3-4-5-6-7-8-9-10-11-12-13-14-15-25-21-19(24)17-26-20(21)18(23)16-22/h2,18-24H,1,3-17H2/t18-,19+,20-,21-/m0/s1. The molecule has 1 fully saturated rings. The fraction of sp³-hybridized carbons (Fsp3) is 0.905. The summed E-state index contributed by atoms with van der Waals surface area (Å²) in [6.07, 6.45) is 14.2. The molecule has 0 aromatic carbocycles. The molecule has 1 aliphatic heterocycles. The zero-order valence-electron chi connectivity index (χ0n) is 16.4. The van der Waals surface area contributed by atoms with Crippen LogP contribution < -0.4 is 0 Å². The summed E-state index contributed by atoms with van der Waals surface area (Å²) < 4.78 is 11.0. The van der Waals surface area contributed by atoms with Crippen LogP contribution in [-0.2, 0) is 9.47 Å². The highest BCUT2D eigenvalue weighted by atomic mass is 16.6. The van der Waals surface area contributed by atoms with Crippen LogP contribution in [0.25, 0.3) is 0 Å². The average molecular weight is 373 g/mol. The molecule has 5 heteroatoms. The number of unbranched alkanes of at least 4 members (excludes halogenated alkanes) is 11. The third-order valence-electron chi connectivity index (χ3n) is 5.09. The van der Waals surface area contributed by atoms with Crippen LogP contribution in [0.15, 0.2) is 12.7 Å². The molecule has 1 saturated heterocycles. The van der Waals surface area contributed by atoms with E-state index in [1.807, 2.05) is 6.08 Å². The van der Waals surface area contributed by atoms with Crippen molar-refractivity contribution < 1.29 is 24.8 Å². The van der Waals surface area contributed by atoms with E-state index in [4.69, 9.17) is 14.6 Å². The number of rotatable bonds is 17. The van der Waals surface area contributed by atoms with Gasteiger partial charge in [0.2, 0.25) is 0 Å². The predicted molar refractivity (Wildman–Crippen MR) is 104 cm³/mol. The number of hydrogen-bond acceptors (Lipinski definition) is 5. The quantitative estimate of drug-likeness (QED) is 0.269. The lowest BCUT2D eigenvalue weighted by molar-refractivity contribution is -0.0938. The fourth-order valence-corrected chi connectivity index (χ4v) is 3.46. The van der Waals surface area contributed by atoms with Gasteiger partial charge in [0.1, 0.15) is 24.4 Å². The van der Waals surface area contributed by atoms with Crippen LogP contribution in [0.5, 0.6) is 0 Å². The van der Waals surface area contributed by atoms with Crippen LogP contribution in [-0.4, -0.2) is 59.6 Å². The van der Waals surface area contributed by atoms with Crippen molar-refractivity contribution in [2.75, 3.05) is 19.8 Å². The van der Waals surface area contributed by atoms with Crippen LogP contribution in [0.3, 0.4) is 0 Å². The van der Waals surface area contributed by atoms with Crippen molar-refractivity contribution in [2.24, 2.45) is 0 Å². The molecule has 1 aliphatic rings. The summed E-state index contributed by atoms with van der Waals surface area (Å²) in [5.74, 6) is 0. The molecule has 0 aromatic heterocycles. The van der Waals surface area contributed by atoms with Gasteiger partial charge in [0.15, 0.2) is 0 Å². The average Bonchev–Trinajstić information content (AvgIpc) is 3.02. The minimum atomic E-state index is -1.00. The SMILES string of the molecule is C=CCCCCCCCCCCCCCO[C@@H]1[C@H]([C@@H](O)CO)OC[C@H]1O. The van der Waals surface area contributed by atoms with Crippen LogP contribution >= 0.6 is 0 Å². The molecule has 4 atom stereocenters. The van der Waals surface area contributed by atoms with Gasteiger partial charge in [-0.2, -0.15) is 0 Å². The Morgan fingerprint density at radius 1 is 0.962 bits per heavy atom. The summed E-state index contributed by atoms with van der Waals surface area (Å²) in [6.45, 7) is 4.08. The Kier molecular flexibility index (Phi) is 14.1. The molecule has 154 valence electrons. The molecule has 1 heterocycles. The molecule has 0 saturated carbocycles. The Balaban J connectivity index is 1.89. The number of hydrogen-bond donors (Lipinski definition) is 3. The molecule has 5 nitrogen and oxygen atoms in total. The molecule has 3 N–H and O–H groups in total. The number of aliphatic hydroxyl groups excluding tert-OH is 3. The van der Waals surface area contributed by atoms with Gasteiger partial charge in [-0.1, -0.05) is 63.9 Å². The van der Waals surface area contributed by atoms with Gasteiger partial charge in [0, 0.05) is 6.61 Å². The third-order valence-corrected chi connectivity index (χ3v) is 5.09. The Morgan fingerprint density at radius 2 is 1.50 bits per heavy atom. The lowest BCUT2D eigenvalue weighted by atomic mass is 10.0. The Bertz CT molecular complexity index is 336. The maximum absolute atomic E-state index is 9.86. The predicted octanol–water partition coefficient (Wildman–Crippen LogP) is 3.35. The zero-order valence-corrected chi connectivity index (χ0v) is 16.4. The summed E-state index contributed by atoms with van der Waals surface area (Å²) >= 11 is 0. The largest absolute Gasteiger partial charge is 0.394 e. The maximum Gasteiger partial charge on any atom is 0.114 e. The summed E-state index contributed by atoms with van der Waals surface area (Å²) in [6, 6.07) is 0. The second-order valence-corrected chi connectivity index (χ2v) is 7.42. The topological polar surface area (TPSA) is 79.2 Å². The van der Waals surface area contributed by atoms with Crippen molar-refractivity contribution in [1.29, 1.82) is 0 Å². The lowest BCUT2D eigenvalue weighted by Gasteiger charge is -2.23. The lowest BCUT2D eigenvalue weighted by Crippen LogP contribution is -2.42. The monoisotopic (exact) mass is 372 g/mol. The highest BCUT2D eigenvalue weighted by molar-refractivity contribution is 4.89. The van der Waals surface area contributed by atoms with Gasteiger partial charge in [0.25, 0.3) is 0 Å². The van der Waals surface area contributed by atoms with Crippen molar-refractivity contribution in [3.05, 3.63) is 12.7 Å². The summed E-state index contributed by atoms with van der Waals surface area (Å²) in [5, 5.41) is 28.6. The van der Waals surface area contributed by atoms with Crippen molar-refractivity contribution in [3.8, 4) is 0 Å². The molecule has 0 radical (unpaired) electrons. The summed E-state index contributed by atoms with van der Waals surface area (Å²) in [5.41, 5.74) is 0. The van der Waals surface area contributed by atoms with Crippen molar-refractivity contribution >= 4 is 0 Å². The van der Waals surface area contributed by atoms with Crippen LogP contribution in [0.1, 0.15) is 77.0 Å². The van der Waals surface area contributed by atoms with E-state index in [-0.39, 0.29) is 13.2 Å². The second-order valence-electron chi connectivity index (χ2n) is 7.42.